The van der Waals surface area contributed by atoms with E-state index in [4.69, 9.17) is 9.97 Å². The van der Waals surface area contributed by atoms with Gasteiger partial charge in [-0.3, -0.25) is 9.97 Å². The first-order chi connectivity index (χ1) is 11.4. The Balaban J connectivity index is 1.67. The molecule has 0 fully saturated rings. The molecule has 0 saturated heterocycles. The molecule has 114 valence electrons. The fourth-order valence-corrected chi connectivity index (χ4v) is 2.89. The summed E-state index contributed by atoms with van der Waals surface area (Å²) in [5.74, 6) is 1.70. The van der Waals surface area contributed by atoms with Crippen LogP contribution < -0.4 is 5.32 Å². The van der Waals surface area contributed by atoms with Gasteiger partial charge in [0.2, 0.25) is 0 Å². The summed E-state index contributed by atoms with van der Waals surface area (Å²) in [6, 6.07) is 9.82. The molecule has 3 aromatic rings. The van der Waals surface area contributed by atoms with E-state index in [-0.39, 0.29) is 0 Å². The minimum atomic E-state index is 0.667. The van der Waals surface area contributed by atoms with Crippen LogP contribution in [0.4, 0.5) is 5.82 Å². The van der Waals surface area contributed by atoms with Crippen molar-refractivity contribution in [2.45, 2.75) is 25.8 Å². The third kappa shape index (κ3) is 2.90. The Kier molecular flexibility index (Phi) is 3.68. The van der Waals surface area contributed by atoms with Gasteiger partial charge in [0.05, 0.1) is 12.2 Å². The predicted octanol–water partition coefficient (Wildman–Crippen LogP) is 3.03. The molecule has 5 nitrogen and oxygen atoms in total. The highest BCUT2D eigenvalue weighted by Gasteiger charge is 2.19. The van der Waals surface area contributed by atoms with Gasteiger partial charge in [-0.25, -0.2) is 9.97 Å². The van der Waals surface area contributed by atoms with E-state index in [1.807, 2.05) is 36.5 Å². The summed E-state index contributed by atoms with van der Waals surface area (Å²) in [4.78, 5) is 17.9. The van der Waals surface area contributed by atoms with Crippen LogP contribution in [0.5, 0.6) is 0 Å². The van der Waals surface area contributed by atoms with Crippen LogP contribution in [-0.4, -0.2) is 19.9 Å². The molecule has 0 atom stereocenters. The summed E-state index contributed by atoms with van der Waals surface area (Å²) >= 11 is 0. The van der Waals surface area contributed by atoms with E-state index in [1.165, 1.54) is 5.56 Å². The van der Waals surface area contributed by atoms with Crippen molar-refractivity contribution in [3.05, 3.63) is 65.9 Å². The summed E-state index contributed by atoms with van der Waals surface area (Å²) in [5, 5.41) is 3.44. The molecule has 0 radical (unpaired) electrons. The maximum atomic E-state index is 4.75. The van der Waals surface area contributed by atoms with Gasteiger partial charge >= 0.3 is 0 Å². The van der Waals surface area contributed by atoms with Gasteiger partial charge in [0.15, 0.2) is 5.82 Å². The van der Waals surface area contributed by atoms with Gasteiger partial charge < -0.3 is 5.32 Å². The zero-order valence-corrected chi connectivity index (χ0v) is 12.7. The van der Waals surface area contributed by atoms with Gasteiger partial charge in [0, 0.05) is 35.4 Å². The quantitative estimate of drug-likeness (QED) is 0.802. The van der Waals surface area contributed by atoms with Crippen molar-refractivity contribution in [3.63, 3.8) is 0 Å². The topological polar surface area (TPSA) is 63.6 Å². The molecule has 1 aliphatic carbocycles. The van der Waals surface area contributed by atoms with Gasteiger partial charge in [0.1, 0.15) is 5.82 Å². The number of nitrogens with zero attached hydrogens (tertiary/aromatic N) is 4. The van der Waals surface area contributed by atoms with Crippen LogP contribution in [0.25, 0.3) is 11.4 Å². The Hall–Kier alpha value is -2.82. The van der Waals surface area contributed by atoms with Crippen LogP contribution in [-0.2, 0) is 19.4 Å². The van der Waals surface area contributed by atoms with E-state index in [2.05, 4.69) is 15.3 Å². The predicted molar refractivity (Wildman–Crippen MR) is 88.9 cm³/mol. The molecule has 1 aliphatic rings. The van der Waals surface area contributed by atoms with Crippen molar-refractivity contribution < 1.29 is 0 Å². The number of anilines is 1. The molecule has 3 aromatic heterocycles. The highest BCUT2D eigenvalue weighted by atomic mass is 15.0. The molecule has 5 heteroatoms. The number of fused-ring (bicyclic) bond motifs is 1. The van der Waals surface area contributed by atoms with Crippen LogP contribution in [0.1, 0.15) is 23.4 Å². The first kappa shape index (κ1) is 13.8. The second-order valence-corrected chi connectivity index (χ2v) is 5.59. The Morgan fingerprint density at radius 1 is 0.957 bits per heavy atom. The average Bonchev–Trinajstić information content (AvgIpc) is 3.10. The highest BCUT2D eigenvalue weighted by Crippen LogP contribution is 2.29. The number of pyridine rings is 2. The Morgan fingerprint density at radius 3 is 2.70 bits per heavy atom. The Morgan fingerprint density at radius 2 is 1.87 bits per heavy atom. The summed E-state index contributed by atoms with van der Waals surface area (Å²) in [6.45, 7) is 0.667. The van der Waals surface area contributed by atoms with Crippen molar-refractivity contribution >= 4 is 5.82 Å². The first-order valence-corrected chi connectivity index (χ1v) is 7.84. The van der Waals surface area contributed by atoms with Gasteiger partial charge in [-0.15, -0.1) is 0 Å². The third-order valence-corrected chi connectivity index (χ3v) is 4.03. The highest BCUT2D eigenvalue weighted by molar-refractivity contribution is 5.60. The number of nitrogens with one attached hydrogen (secondary N) is 1. The third-order valence-electron chi connectivity index (χ3n) is 4.03. The molecule has 1 N–H and O–H groups in total. The van der Waals surface area contributed by atoms with Crippen LogP contribution in [0, 0.1) is 0 Å². The van der Waals surface area contributed by atoms with Gasteiger partial charge in [-0.05, 0) is 43.5 Å². The number of aromatic nitrogens is 4. The summed E-state index contributed by atoms with van der Waals surface area (Å²) in [7, 11) is 0. The van der Waals surface area contributed by atoms with Gasteiger partial charge in [-0.1, -0.05) is 6.07 Å². The smallest absolute Gasteiger partial charge is 0.161 e. The first-order valence-electron chi connectivity index (χ1n) is 7.84. The summed E-state index contributed by atoms with van der Waals surface area (Å²) < 4.78 is 0. The molecule has 0 unspecified atom stereocenters. The van der Waals surface area contributed by atoms with Gasteiger partial charge in [-0.2, -0.15) is 0 Å². The SMILES string of the molecule is c1ccc(CNc2nc(-c3ccncc3)nc3c2CCC3)nc1. The molecule has 0 spiro atoms. The molecule has 0 aromatic carbocycles. The molecular formula is C18H17N5. The zero-order valence-electron chi connectivity index (χ0n) is 12.7. The minimum absolute atomic E-state index is 0.667. The average molecular weight is 303 g/mol. The second-order valence-electron chi connectivity index (χ2n) is 5.59. The van der Waals surface area contributed by atoms with Crippen molar-refractivity contribution in [1.82, 2.24) is 19.9 Å². The molecule has 23 heavy (non-hydrogen) atoms. The standard InChI is InChI=1S/C18H17N5/c1-2-9-20-14(4-1)12-21-18-15-5-3-6-16(15)22-17(23-18)13-7-10-19-11-8-13/h1-2,4,7-11H,3,5-6,12H2,(H,21,22,23). The maximum absolute atomic E-state index is 4.75. The van der Waals surface area contributed by atoms with Crippen molar-refractivity contribution in [2.24, 2.45) is 0 Å². The molecule has 0 amide bonds. The summed E-state index contributed by atoms with van der Waals surface area (Å²) in [6.07, 6.45) is 8.55. The number of aryl methyl sites for hydroxylation is 1. The van der Waals surface area contributed by atoms with E-state index in [0.29, 0.717) is 6.54 Å². The van der Waals surface area contributed by atoms with Crippen LogP contribution in [0.2, 0.25) is 0 Å². The lowest BCUT2D eigenvalue weighted by Gasteiger charge is -2.12. The van der Waals surface area contributed by atoms with Crippen LogP contribution >= 0.6 is 0 Å². The fourth-order valence-electron chi connectivity index (χ4n) is 2.89. The fraction of sp³-hybridized carbons (Fsp3) is 0.222. The van der Waals surface area contributed by atoms with Crippen LogP contribution in [0.3, 0.4) is 0 Å². The van der Waals surface area contributed by atoms with E-state index in [9.17, 15) is 0 Å². The van der Waals surface area contributed by atoms with E-state index >= 15 is 0 Å². The maximum Gasteiger partial charge on any atom is 0.161 e. The summed E-state index contributed by atoms with van der Waals surface area (Å²) in [5.41, 5.74) is 4.41. The lowest BCUT2D eigenvalue weighted by Crippen LogP contribution is -2.08. The molecule has 3 heterocycles. The van der Waals surface area contributed by atoms with Crippen molar-refractivity contribution in [1.29, 1.82) is 0 Å². The Bertz CT molecular complexity index is 802. The Labute approximate surface area is 134 Å². The molecule has 0 saturated carbocycles. The molecular weight excluding hydrogens is 286 g/mol. The van der Waals surface area contributed by atoms with E-state index in [0.717, 1.165) is 47.9 Å². The lowest BCUT2D eigenvalue weighted by molar-refractivity contribution is 0.899. The molecule has 0 aliphatic heterocycles. The van der Waals surface area contributed by atoms with E-state index in [1.54, 1.807) is 12.4 Å². The molecule has 4 rings (SSSR count). The number of rotatable bonds is 4. The minimum Gasteiger partial charge on any atom is -0.364 e. The zero-order chi connectivity index (χ0) is 15.5. The number of hydrogen-bond acceptors (Lipinski definition) is 5. The monoisotopic (exact) mass is 303 g/mol. The van der Waals surface area contributed by atoms with Gasteiger partial charge in [0.25, 0.3) is 0 Å². The molecule has 0 bridgehead atoms. The van der Waals surface area contributed by atoms with Crippen molar-refractivity contribution in [3.8, 4) is 11.4 Å². The largest absolute Gasteiger partial charge is 0.364 e. The second kappa shape index (κ2) is 6.12. The lowest BCUT2D eigenvalue weighted by atomic mass is 10.2. The van der Waals surface area contributed by atoms with Crippen molar-refractivity contribution in [2.75, 3.05) is 5.32 Å². The number of hydrogen-bond donors (Lipinski definition) is 1. The normalized spacial score (nSPS) is 12.9. The van der Waals surface area contributed by atoms with E-state index < -0.39 is 0 Å². The van der Waals surface area contributed by atoms with Crippen LogP contribution in [0.15, 0.2) is 48.9 Å².